The summed E-state index contributed by atoms with van der Waals surface area (Å²) in [6.45, 7) is 1.88. The lowest BCUT2D eigenvalue weighted by Gasteiger charge is -2.07. The number of benzene rings is 2. The first-order valence-electron chi connectivity index (χ1n) is 6.32. The number of aliphatic imine (C=N–C) groups is 1. The molecule has 0 fully saturated rings. The van der Waals surface area contributed by atoms with Gasteiger partial charge in [-0.25, -0.2) is 13.6 Å². The van der Waals surface area contributed by atoms with Crippen molar-refractivity contribution < 1.29 is 13.5 Å². The van der Waals surface area contributed by atoms with E-state index in [1.54, 1.807) is 36.5 Å². The monoisotopic (exact) mass is 304 g/mol. The lowest BCUT2D eigenvalue weighted by Crippen LogP contribution is -2.11. The Kier molecular flexibility index (Phi) is 4.40. The maximum atomic E-state index is 11.2. The van der Waals surface area contributed by atoms with E-state index in [0.717, 1.165) is 5.56 Å². The number of sulfonamides is 1. The summed E-state index contributed by atoms with van der Waals surface area (Å²) in [5.41, 5.74) is 1.49. The number of aromatic hydroxyl groups is 1. The number of nitrogens with two attached hydrogens (primary N) is 1. The molecule has 3 N–H and O–H groups in total. The number of rotatable bonds is 4. The number of phenols is 1. The molecule has 2 rings (SSSR count). The van der Waals surface area contributed by atoms with E-state index in [9.17, 15) is 13.5 Å². The molecule has 21 heavy (non-hydrogen) atoms. The van der Waals surface area contributed by atoms with Gasteiger partial charge in [-0.15, -0.1) is 0 Å². The van der Waals surface area contributed by atoms with Crippen LogP contribution in [0.2, 0.25) is 0 Å². The molecule has 2 aromatic carbocycles. The molecule has 0 aliphatic heterocycles. The van der Waals surface area contributed by atoms with Crippen LogP contribution in [0.1, 0.15) is 24.1 Å². The molecule has 2 aromatic rings. The Hall–Kier alpha value is -2.18. The van der Waals surface area contributed by atoms with Gasteiger partial charge in [0.15, 0.2) is 0 Å². The number of para-hydroxylation sites is 1. The normalized spacial score (nSPS) is 13.4. The first-order valence-corrected chi connectivity index (χ1v) is 7.86. The van der Waals surface area contributed by atoms with Crippen molar-refractivity contribution in [2.45, 2.75) is 17.9 Å². The summed E-state index contributed by atoms with van der Waals surface area (Å²) in [5, 5.41) is 14.7. The maximum Gasteiger partial charge on any atom is 0.238 e. The lowest BCUT2D eigenvalue weighted by molar-refractivity contribution is 0.474. The molecule has 110 valence electrons. The summed E-state index contributed by atoms with van der Waals surface area (Å²) in [7, 11) is -3.68. The molecule has 0 aromatic heterocycles. The Morgan fingerprint density at radius 3 is 2.33 bits per heavy atom. The Morgan fingerprint density at radius 2 is 1.76 bits per heavy atom. The van der Waals surface area contributed by atoms with Gasteiger partial charge in [0.25, 0.3) is 0 Å². The number of hydrogen-bond acceptors (Lipinski definition) is 4. The average Bonchev–Trinajstić information content (AvgIpc) is 2.45. The molecule has 0 saturated heterocycles. The number of nitrogens with zero attached hydrogens (tertiary/aromatic N) is 1. The van der Waals surface area contributed by atoms with E-state index >= 15 is 0 Å². The summed E-state index contributed by atoms with van der Waals surface area (Å²) >= 11 is 0. The van der Waals surface area contributed by atoms with Gasteiger partial charge in [-0.2, -0.15) is 0 Å². The van der Waals surface area contributed by atoms with Crippen LogP contribution < -0.4 is 5.14 Å². The van der Waals surface area contributed by atoms with Crippen molar-refractivity contribution in [3.8, 4) is 5.75 Å². The summed E-state index contributed by atoms with van der Waals surface area (Å²) in [5.74, 6) is 0.165. The molecule has 0 radical (unpaired) electrons. The molecule has 0 amide bonds. The van der Waals surface area contributed by atoms with E-state index in [0.29, 0.717) is 5.56 Å². The Morgan fingerprint density at radius 1 is 1.14 bits per heavy atom. The van der Waals surface area contributed by atoms with Crippen LogP contribution >= 0.6 is 0 Å². The van der Waals surface area contributed by atoms with Crippen molar-refractivity contribution in [1.29, 1.82) is 0 Å². The molecule has 6 heteroatoms. The first-order chi connectivity index (χ1) is 9.88. The third kappa shape index (κ3) is 3.90. The van der Waals surface area contributed by atoms with Gasteiger partial charge >= 0.3 is 0 Å². The van der Waals surface area contributed by atoms with Crippen LogP contribution in [0, 0.1) is 0 Å². The molecular weight excluding hydrogens is 288 g/mol. The molecule has 0 aliphatic carbocycles. The fourth-order valence-corrected chi connectivity index (χ4v) is 2.33. The Balaban J connectivity index is 2.17. The number of primary sulfonamides is 1. The highest BCUT2D eigenvalue weighted by atomic mass is 32.2. The first kappa shape index (κ1) is 15.2. The third-order valence-corrected chi connectivity index (χ3v) is 3.99. The van der Waals surface area contributed by atoms with E-state index < -0.39 is 10.0 Å². The molecule has 0 unspecified atom stereocenters. The largest absolute Gasteiger partial charge is 0.507 e. The van der Waals surface area contributed by atoms with E-state index in [-0.39, 0.29) is 16.7 Å². The summed E-state index contributed by atoms with van der Waals surface area (Å²) in [6, 6.07) is 13.0. The van der Waals surface area contributed by atoms with Gasteiger partial charge in [0, 0.05) is 11.8 Å². The average molecular weight is 304 g/mol. The minimum atomic E-state index is -3.68. The van der Waals surface area contributed by atoms with E-state index in [2.05, 4.69) is 4.99 Å². The second kappa shape index (κ2) is 6.07. The molecule has 0 spiro atoms. The zero-order valence-electron chi connectivity index (χ0n) is 11.5. The van der Waals surface area contributed by atoms with Crippen molar-refractivity contribution >= 4 is 16.2 Å². The van der Waals surface area contributed by atoms with Crippen molar-refractivity contribution in [2.24, 2.45) is 10.1 Å². The van der Waals surface area contributed by atoms with Crippen molar-refractivity contribution in [3.05, 3.63) is 59.7 Å². The summed E-state index contributed by atoms with van der Waals surface area (Å²) in [6.07, 6.45) is 1.59. The topological polar surface area (TPSA) is 92.8 Å². The van der Waals surface area contributed by atoms with Crippen molar-refractivity contribution in [1.82, 2.24) is 0 Å². The molecule has 0 bridgehead atoms. The second-order valence-electron chi connectivity index (χ2n) is 4.63. The fraction of sp³-hybridized carbons (Fsp3) is 0.133. The van der Waals surface area contributed by atoms with Gasteiger partial charge in [-0.05, 0) is 36.8 Å². The van der Waals surface area contributed by atoms with Crippen LogP contribution in [0.25, 0.3) is 0 Å². The van der Waals surface area contributed by atoms with Gasteiger partial charge in [0.1, 0.15) is 5.75 Å². The van der Waals surface area contributed by atoms with Crippen LogP contribution in [-0.4, -0.2) is 19.7 Å². The molecule has 0 heterocycles. The molecule has 5 nitrogen and oxygen atoms in total. The van der Waals surface area contributed by atoms with Gasteiger partial charge in [-0.1, -0.05) is 24.3 Å². The SMILES string of the molecule is C[C@@H](N=Cc1ccccc1O)c1ccc(S(N)(=O)=O)cc1. The van der Waals surface area contributed by atoms with Crippen LogP contribution in [0.5, 0.6) is 5.75 Å². The van der Waals surface area contributed by atoms with E-state index in [4.69, 9.17) is 5.14 Å². The summed E-state index contributed by atoms with van der Waals surface area (Å²) in [4.78, 5) is 4.42. The number of hydrogen-bond donors (Lipinski definition) is 2. The Labute approximate surface area is 123 Å². The highest BCUT2D eigenvalue weighted by Gasteiger charge is 2.09. The molecular formula is C15H16N2O3S. The van der Waals surface area contributed by atoms with Gasteiger partial charge in [0.2, 0.25) is 10.0 Å². The summed E-state index contributed by atoms with van der Waals surface area (Å²) < 4.78 is 22.4. The molecule has 0 aliphatic rings. The van der Waals surface area contributed by atoms with Crippen molar-refractivity contribution in [3.63, 3.8) is 0 Å². The fourth-order valence-electron chi connectivity index (χ4n) is 1.81. The highest BCUT2D eigenvalue weighted by molar-refractivity contribution is 7.89. The zero-order chi connectivity index (χ0) is 15.5. The zero-order valence-corrected chi connectivity index (χ0v) is 12.3. The Bertz CT molecular complexity index is 753. The number of phenolic OH excluding ortho intramolecular Hbond substituents is 1. The van der Waals surface area contributed by atoms with Crippen LogP contribution in [0.15, 0.2) is 58.4 Å². The third-order valence-electron chi connectivity index (χ3n) is 3.07. The minimum absolute atomic E-state index is 0.0723. The van der Waals surface area contributed by atoms with E-state index in [1.807, 2.05) is 13.0 Å². The van der Waals surface area contributed by atoms with Crippen molar-refractivity contribution in [2.75, 3.05) is 0 Å². The van der Waals surface area contributed by atoms with Crippen LogP contribution in [0.4, 0.5) is 0 Å². The predicted molar refractivity (Wildman–Crippen MR) is 81.9 cm³/mol. The van der Waals surface area contributed by atoms with Gasteiger partial charge in [0.05, 0.1) is 10.9 Å². The highest BCUT2D eigenvalue weighted by Crippen LogP contribution is 2.20. The second-order valence-corrected chi connectivity index (χ2v) is 6.19. The van der Waals surface area contributed by atoms with Crippen LogP contribution in [0.3, 0.4) is 0 Å². The van der Waals surface area contributed by atoms with Crippen LogP contribution in [-0.2, 0) is 10.0 Å². The van der Waals surface area contributed by atoms with Gasteiger partial charge in [-0.3, -0.25) is 4.99 Å². The maximum absolute atomic E-state index is 11.2. The molecule has 0 saturated carbocycles. The quantitative estimate of drug-likeness (QED) is 0.848. The van der Waals surface area contributed by atoms with Gasteiger partial charge < -0.3 is 5.11 Å². The molecule has 1 atom stereocenters. The van der Waals surface area contributed by atoms with E-state index in [1.165, 1.54) is 12.1 Å². The predicted octanol–water partition coefficient (Wildman–Crippen LogP) is 2.22. The smallest absolute Gasteiger partial charge is 0.238 e. The minimum Gasteiger partial charge on any atom is -0.507 e. The standard InChI is InChI=1S/C15H16N2O3S/c1-11(17-10-13-4-2-3-5-15(13)18)12-6-8-14(9-7-12)21(16,19)20/h2-11,18H,1H3,(H2,16,19,20)/t11-/m1/s1. The lowest BCUT2D eigenvalue weighted by atomic mass is 10.1.